The zero-order chi connectivity index (χ0) is 20.6. The van der Waals surface area contributed by atoms with Crippen LogP contribution in [0.3, 0.4) is 0 Å². The van der Waals surface area contributed by atoms with Crippen LogP contribution in [-0.2, 0) is 15.5 Å². The summed E-state index contributed by atoms with van der Waals surface area (Å²) in [5.41, 5.74) is 5.21. The second-order valence-electron chi connectivity index (χ2n) is 6.54. The van der Waals surface area contributed by atoms with Crippen LogP contribution in [0.25, 0.3) is 0 Å². The lowest BCUT2D eigenvalue weighted by molar-refractivity contribution is 0.154. The van der Waals surface area contributed by atoms with Crippen molar-refractivity contribution < 1.29 is 23.6 Å². The van der Waals surface area contributed by atoms with Crippen LogP contribution in [0.5, 0.6) is 5.75 Å². The Morgan fingerprint density at radius 2 is 1.96 bits per heavy atom. The monoisotopic (exact) mass is 443 g/mol. The minimum absolute atomic E-state index is 0.205. The fourth-order valence-electron chi connectivity index (χ4n) is 2.19. The standard InChI is InChI=1S/C19H23ClNO5PS/c1-19(21,14-26-27(22,23)24)12-11-18-10-9-17(28-18)4-2-3-13-25-16-7-5-15(20)6-8-16/h5-10H,3,11-14,21H2,1H3,(H2,22,23,24). The van der Waals surface area contributed by atoms with Crippen molar-refractivity contribution in [3.63, 3.8) is 0 Å². The predicted octanol–water partition coefficient (Wildman–Crippen LogP) is 3.98. The van der Waals surface area contributed by atoms with Gasteiger partial charge in [-0.2, -0.15) is 0 Å². The molecule has 1 aromatic carbocycles. The van der Waals surface area contributed by atoms with E-state index in [9.17, 15) is 4.57 Å². The van der Waals surface area contributed by atoms with Gasteiger partial charge in [0.1, 0.15) is 5.75 Å². The van der Waals surface area contributed by atoms with E-state index < -0.39 is 13.4 Å². The van der Waals surface area contributed by atoms with Crippen molar-refractivity contribution >= 4 is 30.8 Å². The molecule has 0 aliphatic rings. The van der Waals surface area contributed by atoms with Crippen LogP contribution in [0.4, 0.5) is 0 Å². The minimum atomic E-state index is -4.51. The topological polar surface area (TPSA) is 102 Å². The molecule has 0 aliphatic heterocycles. The lowest BCUT2D eigenvalue weighted by Gasteiger charge is -2.24. The third kappa shape index (κ3) is 9.22. The Morgan fingerprint density at radius 3 is 2.64 bits per heavy atom. The smallest absolute Gasteiger partial charge is 0.469 e. The third-order valence-electron chi connectivity index (χ3n) is 3.69. The summed E-state index contributed by atoms with van der Waals surface area (Å²) in [7, 11) is -4.51. The molecule has 4 N–H and O–H groups in total. The van der Waals surface area contributed by atoms with E-state index in [-0.39, 0.29) is 6.61 Å². The Hall–Kier alpha value is -1.36. The molecule has 6 nitrogen and oxygen atoms in total. The molecule has 0 spiro atoms. The van der Waals surface area contributed by atoms with Crippen LogP contribution < -0.4 is 10.5 Å². The van der Waals surface area contributed by atoms with Gasteiger partial charge in [0.2, 0.25) is 0 Å². The van der Waals surface area contributed by atoms with Gasteiger partial charge in [-0.1, -0.05) is 23.4 Å². The van der Waals surface area contributed by atoms with Crippen molar-refractivity contribution in [1.29, 1.82) is 0 Å². The van der Waals surface area contributed by atoms with E-state index in [2.05, 4.69) is 16.4 Å². The molecule has 2 rings (SSSR count). The van der Waals surface area contributed by atoms with Gasteiger partial charge in [0, 0.05) is 21.9 Å². The maximum Gasteiger partial charge on any atom is 0.469 e. The van der Waals surface area contributed by atoms with Crippen molar-refractivity contribution in [3.8, 4) is 17.6 Å². The number of halogens is 1. The van der Waals surface area contributed by atoms with Crippen LogP contribution in [0, 0.1) is 11.8 Å². The molecule has 2 aromatic rings. The fourth-order valence-corrected chi connectivity index (χ4v) is 3.66. The van der Waals surface area contributed by atoms with Crippen LogP contribution in [-0.4, -0.2) is 28.5 Å². The van der Waals surface area contributed by atoms with E-state index in [4.69, 9.17) is 31.9 Å². The van der Waals surface area contributed by atoms with Gasteiger partial charge in [-0.25, -0.2) is 4.57 Å². The normalized spacial score (nSPS) is 13.5. The van der Waals surface area contributed by atoms with Crippen LogP contribution in [0.15, 0.2) is 36.4 Å². The number of nitrogens with two attached hydrogens (primary N) is 1. The second kappa shape index (κ2) is 10.4. The molecule has 0 saturated heterocycles. The van der Waals surface area contributed by atoms with Gasteiger partial charge in [0.25, 0.3) is 0 Å². The molecule has 0 aliphatic carbocycles. The summed E-state index contributed by atoms with van der Waals surface area (Å²) in [6, 6.07) is 11.1. The zero-order valence-electron chi connectivity index (χ0n) is 15.4. The van der Waals surface area contributed by atoms with E-state index >= 15 is 0 Å². The molecule has 1 atom stereocenters. The van der Waals surface area contributed by atoms with Gasteiger partial charge >= 0.3 is 7.82 Å². The van der Waals surface area contributed by atoms with E-state index in [0.717, 1.165) is 15.5 Å². The first-order valence-corrected chi connectivity index (χ1v) is 11.3. The molecular weight excluding hydrogens is 421 g/mol. The van der Waals surface area contributed by atoms with E-state index in [0.29, 0.717) is 30.9 Å². The Labute approximate surface area is 173 Å². The van der Waals surface area contributed by atoms with Crippen LogP contribution in [0.2, 0.25) is 5.02 Å². The summed E-state index contributed by atoms with van der Waals surface area (Å²) in [4.78, 5) is 19.6. The second-order valence-corrected chi connectivity index (χ2v) is 9.38. The fraction of sp³-hybridized carbons (Fsp3) is 0.368. The van der Waals surface area contributed by atoms with Crippen molar-refractivity contribution in [3.05, 3.63) is 51.2 Å². The van der Waals surface area contributed by atoms with Gasteiger partial charge < -0.3 is 20.3 Å². The van der Waals surface area contributed by atoms with Crippen molar-refractivity contribution in [1.82, 2.24) is 0 Å². The molecule has 0 amide bonds. The number of ether oxygens (including phenoxy) is 1. The quantitative estimate of drug-likeness (QED) is 0.308. The maximum atomic E-state index is 10.8. The Kier molecular flexibility index (Phi) is 8.54. The van der Waals surface area contributed by atoms with Crippen molar-refractivity contribution in [2.45, 2.75) is 31.7 Å². The zero-order valence-corrected chi connectivity index (χ0v) is 17.9. The van der Waals surface area contributed by atoms with Gasteiger partial charge in [-0.05, 0) is 56.2 Å². The summed E-state index contributed by atoms with van der Waals surface area (Å²) >= 11 is 7.40. The van der Waals surface area contributed by atoms with Crippen LogP contribution >= 0.6 is 30.8 Å². The number of hydrogen-bond donors (Lipinski definition) is 3. The highest BCUT2D eigenvalue weighted by Gasteiger charge is 2.24. The van der Waals surface area contributed by atoms with Gasteiger partial charge in [0.05, 0.1) is 18.1 Å². The molecule has 0 bridgehead atoms. The number of rotatable bonds is 9. The third-order valence-corrected chi connectivity index (χ3v) is 5.47. The summed E-state index contributed by atoms with van der Waals surface area (Å²) in [6.07, 6.45) is 1.83. The Bertz CT molecular complexity index is 866. The average molecular weight is 444 g/mol. The minimum Gasteiger partial charge on any atom is -0.493 e. The van der Waals surface area contributed by atoms with Gasteiger partial charge in [-0.3, -0.25) is 4.52 Å². The summed E-state index contributed by atoms with van der Waals surface area (Å²) in [5.74, 6) is 6.96. The highest BCUT2D eigenvalue weighted by Crippen LogP contribution is 2.37. The number of phosphoric ester groups is 1. The van der Waals surface area contributed by atoms with Crippen LogP contribution in [0.1, 0.15) is 29.5 Å². The van der Waals surface area contributed by atoms with Gasteiger partial charge in [0.15, 0.2) is 0 Å². The Morgan fingerprint density at radius 1 is 1.25 bits per heavy atom. The number of aryl methyl sites for hydroxylation is 1. The summed E-state index contributed by atoms with van der Waals surface area (Å²) in [5, 5.41) is 0.671. The number of hydrogen-bond acceptors (Lipinski definition) is 5. The number of phosphoric acid groups is 1. The first-order valence-electron chi connectivity index (χ1n) is 8.58. The highest BCUT2D eigenvalue weighted by molar-refractivity contribution is 7.46. The van der Waals surface area contributed by atoms with Gasteiger partial charge in [-0.15, -0.1) is 11.3 Å². The molecule has 9 heteroatoms. The van der Waals surface area contributed by atoms with E-state index in [1.54, 1.807) is 30.4 Å². The molecule has 152 valence electrons. The average Bonchev–Trinajstić information content (AvgIpc) is 3.07. The van der Waals surface area contributed by atoms with E-state index in [1.165, 1.54) is 0 Å². The molecular formula is C19H23ClNO5PS. The number of benzene rings is 1. The highest BCUT2D eigenvalue weighted by atomic mass is 35.5. The van der Waals surface area contributed by atoms with Crippen molar-refractivity contribution in [2.24, 2.45) is 5.73 Å². The lowest BCUT2D eigenvalue weighted by Crippen LogP contribution is -2.41. The molecule has 0 radical (unpaired) electrons. The van der Waals surface area contributed by atoms with E-state index in [1.807, 2.05) is 24.3 Å². The molecule has 0 saturated carbocycles. The Balaban J connectivity index is 1.74. The SMILES string of the molecule is CC(N)(CCc1ccc(C#CCCOc2ccc(Cl)cc2)s1)COP(=O)(O)O. The first-order chi connectivity index (χ1) is 13.1. The molecule has 1 heterocycles. The molecule has 1 unspecified atom stereocenters. The maximum absolute atomic E-state index is 10.8. The summed E-state index contributed by atoms with van der Waals surface area (Å²) < 4.78 is 20.9. The number of thiophene rings is 1. The predicted molar refractivity (Wildman–Crippen MR) is 112 cm³/mol. The first kappa shape index (κ1) is 22.9. The molecule has 0 fully saturated rings. The lowest BCUT2D eigenvalue weighted by atomic mass is 9.98. The molecule has 1 aromatic heterocycles. The van der Waals surface area contributed by atoms with Crippen molar-refractivity contribution in [2.75, 3.05) is 13.2 Å². The largest absolute Gasteiger partial charge is 0.493 e. The summed E-state index contributed by atoms with van der Waals surface area (Å²) in [6.45, 7) is 2.00. The molecule has 28 heavy (non-hydrogen) atoms.